The third-order valence-electron chi connectivity index (χ3n) is 2.43. The van der Waals surface area contributed by atoms with Crippen molar-refractivity contribution in [2.45, 2.75) is 31.8 Å². The minimum absolute atomic E-state index is 0.296. The van der Waals surface area contributed by atoms with Gasteiger partial charge < -0.3 is 20.5 Å². The van der Waals surface area contributed by atoms with E-state index in [1.807, 2.05) is 6.92 Å². The van der Waals surface area contributed by atoms with E-state index < -0.39 is 18.1 Å². The predicted octanol–water partition coefficient (Wildman–Crippen LogP) is -0.656. The minimum atomic E-state index is -0.994. The van der Waals surface area contributed by atoms with Crippen LogP contribution in [0.15, 0.2) is 0 Å². The Balaban J connectivity index is 2.43. The maximum Gasteiger partial charge on any atom is 0.326 e. The van der Waals surface area contributed by atoms with Crippen LogP contribution in [0.1, 0.15) is 19.8 Å². The summed E-state index contributed by atoms with van der Waals surface area (Å²) in [6.45, 7) is 3.37. The number of hydrogen-bond acceptors (Lipinski definition) is 4. The Bertz CT molecular complexity index is 251. The van der Waals surface area contributed by atoms with Crippen molar-refractivity contribution in [3.63, 3.8) is 0 Å². The van der Waals surface area contributed by atoms with E-state index in [0.29, 0.717) is 32.6 Å². The van der Waals surface area contributed by atoms with Gasteiger partial charge in [-0.3, -0.25) is 4.79 Å². The second kappa shape index (κ2) is 6.44. The first-order valence-electron chi connectivity index (χ1n) is 5.49. The van der Waals surface area contributed by atoms with E-state index >= 15 is 0 Å². The van der Waals surface area contributed by atoms with Crippen molar-refractivity contribution in [1.29, 1.82) is 0 Å². The zero-order valence-corrected chi connectivity index (χ0v) is 9.36. The highest BCUT2D eigenvalue weighted by molar-refractivity contribution is 5.87. The van der Waals surface area contributed by atoms with E-state index in [2.05, 4.69) is 10.6 Å². The average molecular weight is 230 g/mol. The van der Waals surface area contributed by atoms with Crippen molar-refractivity contribution in [2.75, 3.05) is 19.8 Å². The quantitative estimate of drug-likeness (QED) is 0.584. The number of carbonyl (C=O) groups is 2. The van der Waals surface area contributed by atoms with E-state index in [1.54, 1.807) is 0 Å². The van der Waals surface area contributed by atoms with Gasteiger partial charge in [0, 0.05) is 6.54 Å². The van der Waals surface area contributed by atoms with Gasteiger partial charge >= 0.3 is 5.97 Å². The minimum Gasteiger partial charge on any atom is -0.480 e. The molecule has 6 nitrogen and oxygen atoms in total. The number of ether oxygens (including phenoxy) is 1. The monoisotopic (exact) mass is 230 g/mol. The molecule has 1 saturated heterocycles. The van der Waals surface area contributed by atoms with Crippen molar-refractivity contribution in [3.05, 3.63) is 0 Å². The summed E-state index contributed by atoms with van der Waals surface area (Å²) in [6.07, 6.45) is 1.15. The second-order valence-electron chi connectivity index (χ2n) is 3.77. The van der Waals surface area contributed by atoms with Crippen LogP contribution in [0.2, 0.25) is 0 Å². The molecule has 0 saturated carbocycles. The molecule has 1 aliphatic heterocycles. The number of hydrogen-bond donors (Lipinski definition) is 3. The standard InChI is InChI=1S/C10H18N2O4/c1-2-3-7(10(14)15)12-9(13)8-6-16-5-4-11-8/h7-8,11H,2-6H2,1H3,(H,12,13)(H,14,15). The lowest BCUT2D eigenvalue weighted by Crippen LogP contribution is -2.54. The Labute approximate surface area is 94.3 Å². The lowest BCUT2D eigenvalue weighted by Gasteiger charge is -2.24. The fourth-order valence-electron chi connectivity index (χ4n) is 1.55. The van der Waals surface area contributed by atoms with Gasteiger partial charge in [0.1, 0.15) is 12.1 Å². The maximum atomic E-state index is 11.7. The summed E-state index contributed by atoms with van der Waals surface area (Å²) in [5.74, 6) is -1.30. The third kappa shape index (κ3) is 3.79. The van der Waals surface area contributed by atoms with E-state index in [4.69, 9.17) is 9.84 Å². The largest absolute Gasteiger partial charge is 0.480 e. The van der Waals surface area contributed by atoms with Crippen molar-refractivity contribution in [3.8, 4) is 0 Å². The highest BCUT2D eigenvalue weighted by Gasteiger charge is 2.25. The molecule has 0 aliphatic carbocycles. The molecule has 0 aromatic carbocycles. The second-order valence-corrected chi connectivity index (χ2v) is 3.77. The molecular formula is C10H18N2O4. The summed E-state index contributed by atoms with van der Waals surface area (Å²) >= 11 is 0. The molecule has 1 heterocycles. The summed E-state index contributed by atoms with van der Waals surface area (Å²) in [7, 11) is 0. The summed E-state index contributed by atoms with van der Waals surface area (Å²) in [5, 5.41) is 14.4. The number of amides is 1. The lowest BCUT2D eigenvalue weighted by molar-refractivity contribution is -0.142. The van der Waals surface area contributed by atoms with Crippen LogP contribution in [0.25, 0.3) is 0 Å². The molecule has 92 valence electrons. The Kier molecular flexibility index (Phi) is 5.21. The molecule has 0 spiro atoms. The van der Waals surface area contributed by atoms with Crippen LogP contribution < -0.4 is 10.6 Å². The van der Waals surface area contributed by atoms with Gasteiger partial charge in [0.05, 0.1) is 13.2 Å². The molecule has 0 bridgehead atoms. The highest BCUT2D eigenvalue weighted by atomic mass is 16.5. The number of carboxylic acids is 1. The molecular weight excluding hydrogens is 212 g/mol. The van der Waals surface area contributed by atoms with E-state index in [-0.39, 0.29) is 5.91 Å². The first kappa shape index (κ1) is 12.9. The van der Waals surface area contributed by atoms with Gasteiger partial charge in [-0.15, -0.1) is 0 Å². The van der Waals surface area contributed by atoms with Crippen molar-refractivity contribution in [1.82, 2.24) is 10.6 Å². The fourth-order valence-corrected chi connectivity index (χ4v) is 1.55. The number of morpholine rings is 1. The van der Waals surface area contributed by atoms with Gasteiger partial charge in [-0.1, -0.05) is 13.3 Å². The Morgan fingerprint density at radius 3 is 2.88 bits per heavy atom. The van der Waals surface area contributed by atoms with Gasteiger partial charge in [-0.25, -0.2) is 4.79 Å². The van der Waals surface area contributed by atoms with Crippen molar-refractivity contribution in [2.24, 2.45) is 0 Å². The highest BCUT2D eigenvalue weighted by Crippen LogP contribution is 1.99. The third-order valence-corrected chi connectivity index (χ3v) is 2.43. The van der Waals surface area contributed by atoms with E-state index in [0.717, 1.165) is 0 Å². The maximum absolute atomic E-state index is 11.7. The van der Waals surface area contributed by atoms with Crippen LogP contribution in [0.4, 0.5) is 0 Å². The number of aliphatic carboxylic acids is 1. The summed E-state index contributed by atoms with van der Waals surface area (Å²) in [6, 6.07) is -1.24. The molecule has 3 N–H and O–H groups in total. The molecule has 0 radical (unpaired) electrons. The molecule has 6 heteroatoms. The summed E-state index contributed by atoms with van der Waals surface area (Å²) in [4.78, 5) is 22.5. The van der Waals surface area contributed by atoms with Crippen molar-refractivity contribution < 1.29 is 19.4 Å². The van der Waals surface area contributed by atoms with Crippen LogP contribution >= 0.6 is 0 Å². The predicted molar refractivity (Wildman–Crippen MR) is 57.1 cm³/mol. The van der Waals surface area contributed by atoms with Gasteiger partial charge in [0.25, 0.3) is 0 Å². The van der Waals surface area contributed by atoms with Gasteiger partial charge in [0.15, 0.2) is 0 Å². The van der Waals surface area contributed by atoms with Gasteiger partial charge in [-0.2, -0.15) is 0 Å². The van der Waals surface area contributed by atoms with Crippen LogP contribution in [-0.2, 0) is 14.3 Å². The number of nitrogens with one attached hydrogen (secondary N) is 2. The number of carboxylic acid groups (broad SMARTS) is 1. The molecule has 1 fully saturated rings. The van der Waals surface area contributed by atoms with Crippen LogP contribution in [0, 0.1) is 0 Å². The van der Waals surface area contributed by atoms with Crippen LogP contribution in [0.5, 0.6) is 0 Å². The summed E-state index contributed by atoms with van der Waals surface area (Å²) < 4.78 is 5.13. The molecule has 1 rings (SSSR count). The molecule has 1 aliphatic rings. The molecule has 0 aromatic heterocycles. The van der Waals surface area contributed by atoms with Crippen LogP contribution in [0.3, 0.4) is 0 Å². The normalized spacial score (nSPS) is 22.4. The topological polar surface area (TPSA) is 87.7 Å². The Morgan fingerprint density at radius 1 is 1.62 bits per heavy atom. The smallest absolute Gasteiger partial charge is 0.326 e. The number of rotatable bonds is 5. The first-order chi connectivity index (χ1) is 7.65. The fraction of sp³-hybridized carbons (Fsp3) is 0.800. The van der Waals surface area contributed by atoms with Crippen LogP contribution in [-0.4, -0.2) is 48.8 Å². The Hall–Kier alpha value is -1.14. The molecule has 2 unspecified atom stereocenters. The van der Waals surface area contributed by atoms with E-state index in [1.165, 1.54) is 0 Å². The molecule has 2 atom stereocenters. The first-order valence-corrected chi connectivity index (χ1v) is 5.49. The molecule has 0 aromatic rings. The molecule has 16 heavy (non-hydrogen) atoms. The average Bonchev–Trinajstić information content (AvgIpc) is 2.29. The van der Waals surface area contributed by atoms with Gasteiger partial charge in [-0.05, 0) is 6.42 Å². The summed E-state index contributed by atoms with van der Waals surface area (Å²) in [5.41, 5.74) is 0. The Morgan fingerprint density at radius 2 is 2.38 bits per heavy atom. The van der Waals surface area contributed by atoms with Crippen molar-refractivity contribution >= 4 is 11.9 Å². The van der Waals surface area contributed by atoms with E-state index in [9.17, 15) is 9.59 Å². The van der Waals surface area contributed by atoms with Gasteiger partial charge in [0.2, 0.25) is 5.91 Å². The molecule has 1 amide bonds. The SMILES string of the molecule is CCCC(NC(=O)C1COCCN1)C(=O)O. The zero-order chi connectivity index (χ0) is 12.0. The lowest BCUT2D eigenvalue weighted by atomic mass is 10.1. The zero-order valence-electron chi connectivity index (χ0n) is 9.36. The number of carbonyl (C=O) groups excluding carboxylic acids is 1.